The second kappa shape index (κ2) is 6.38. The Hall–Kier alpha value is -2.09. The molecule has 0 spiro atoms. The summed E-state index contributed by atoms with van der Waals surface area (Å²) in [6.07, 6.45) is 1.02. The first kappa shape index (κ1) is 14.3. The van der Waals surface area contributed by atoms with E-state index in [1.807, 2.05) is 37.3 Å². The van der Waals surface area contributed by atoms with E-state index in [-0.39, 0.29) is 5.97 Å². The summed E-state index contributed by atoms with van der Waals surface area (Å²) < 4.78 is 5.36. The SMILES string of the molecule is Cc1cc(CC(C)C)ccc1C(=O)Oc1ccccc1. The van der Waals surface area contributed by atoms with Crippen LogP contribution < -0.4 is 4.74 Å². The lowest BCUT2D eigenvalue weighted by Gasteiger charge is -2.10. The minimum absolute atomic E-state index is 0.301. The van der Waals surface area contributed by atoms with Gasteiger partial charge in [0.05, 0.1) is 5.56 Å². The third-order valence-electron chi connectivity index (χ3n) is 3.11. The maximum Gasteiger partial charge on any atom is 0.343 e. The molecule has 104 valence electrons. The van der Waals surface area contributed by atoms with Gasteiger partial charge in [-0.05, 0) is 48.6 Å². The summed E-state index contributed by atoms with van der Waals surface area (Å²) in [5.74, 6) is 0.879. The monoisotopic (exact) mass is 268 g/mol. The highest BCUT2D eigenvalue weighted by atomic mass is 16.5. The Kier molecular flexibility index (Phi) is 4.57. The normalized spacial score (nSPS) is 10.6. The molecule has 0 N–H and O–H groups in total. The number of rotatable bonds is 4. The molecule has 0 amide bonds. The summed E-state index contributed by atoms with van der Waals surface area (Å²) >= 11 is 0. The van der Waals surface area contributed by atoms with E-state index in [2.05, 4.69) is 19.9 Å². The number of esters is 1. The molecule has 2 heteroatoms. The van der Waals surface area contributed by atoms with Crippen molar-refractivity contribution < 1.29 is 9.53 Å². The van der Waals surface area contributed by atoms with Gasteiger partial charge < -0.3 is 4.74 Å². The lowest BCUT2D eigenvalue weighted by atomic mass is 9.98. The van der Waals surface area contributed by atoms with Gasteiger partial charge in [0, 0.05) is 0 Å². The van der Waals surface area contributed by atoms with Crippen LogP contribution >= 0.6 is 0 Å². The smallest absolute Gasteiger partial charge is 0.343 e. The fourth-order valence-electron chi connectivity index (χ4n) is 2.20. The van der Waals surface area contributed by atoms with Gasteiger partial charge in [0.2, 0.25) is 0 Å². The number of hydrogen-bond acceptors (Lipinski definition) is 2. The van der Waals surface area contributed by atoms with Crippen LogP contribution in [0.5, 0.6) is 5.75 Å². The van der Waals surface area contributed by atoms with E-state index in [1.165, 1.54) is 5.56 Å². The number of aryl methyl sites for hydroxylation is 1. The maximum absolute atomic E-state index is 12.1. The standard InChI is InChI=1S/C18H20O2/c1-13(2)11-15-9-10-17(14(3)12-15)18(19)20-16-7-5-4-6-8-16/h4-10,12-13H,11H2,1-3H3. The molecule has 0 aliphatic rings. The van der Waals surface area contributed by atoms with Crippen molar-refractivity contribution in [2.45, 2.75) is 27.2 Å². The Morgan fingerprint density at radius 2 is 1.80 bits per heavy atom. The van der Waals surface area contributed by atoms with Crippen molar-refractivity contribution in [1.29, 1.82) is 0 Å². The highest BCUT2D eigenvalue weighted by Crippen LogP contribution is 2.17. The van der Waals surface area contributed by atoms with Crippen molar-refractivity contribution >= 4 is 5.97 Å². The molecule has 0 heterocycles. The molecule has 0 radical (unpaired) electrons. The van der Waals surface area contributed by atoms with Gasteiger partial charge in [0.25, 0.3) is 0 Å². The zero-order chi connectivity index (χ0) is 14.5. The molecule has 0 aliphatic heterocycles. The summed E-state index contributed by atoms with van der Waals surface area (Å²) in [5.41, 5.74) is 2.85. The van der Waals surface area contributed by atoms with E-state index >= 15 is 0 Å². The van der Waals surface area contributed by atoms with Gasteiger partial charge in [0.1, 0.15) is 5.75 Å². The Balaban J connectivity index is 2.14. The molecular formula is C18H20O2. The van der Waals surface area contributed by atoms with E-state index < -0.39 is 0 Å². The van der Waals surface area contributed by atoms with Crippen LogP contribution in [0.15, 0.2) is 48.5 Å². The minimum atomic E-state index is -0.301. The molecule has 2 rings (SSSR count). The first-order chi connectivity index (χ1) is 9.56. The summed E-state index contributed by atoms with van der Waals surface area (Å²) in [6, 6.07) is 15.1. The topological polar surface area (TPSA) is 26.3 Å². The van der Waals surface area contributed by atoms with Crippen LogP contribution in [0.4, 0.5) is 0 Å². The Morgan fingerprint density at radius 1 is 1.10 bits per heavy atom. The van der Waals surface area contributed by atoms with Crippen LogP contribution in [0.3, 0.4) is 0 Å². The van der Waals surface area contributed by atoms with E-state index in [0.29, 0.717) is 17.2 Å². The van der Waals surface area contributed by atoms with Crippen LogP contribution in [0.25, 0.3) is 0 Å². The molecule has 0 aromatic heterocycles. The van der Waals surface area contributed by atoms with E-state index in [0.717, 1.165) is 12.0 Å². The first-order valence-corrected chi connectivity index (χ1v) is 6.93. The maximum atomic E-state index is 12.1. The van der Waals surface area contributed by atoms with E-state index in [4.69, 9.17) is 4.74 Å². The molecular weight excluding hydrogens is 248 g/mol. The summed E-state index contributed by atoms with van der Waals surface area (Å²) in [7, 11) is 0. The lowest BCUT2D eigenvalue weighted by Crippen LogP contribution is -2.10. The Labute approximate surface area is 120 Å². The third-order valence-corrected chi connectivity index (χ3v) is 3.11. The number of para-hydroxylation sites is 1. The van der Waals surface area contributed by atoms with E-state index in [9.17, 15) is 4.79 Å². The van der Waals surface area contributed by atoms with Crippen molar-refractivity contribution in [1.82, 2.24) is 0 Å². The van der Waals surface area contributed by atoms with Crippen molar-refractivity contribution in [3.63, 3.8) is 0 Å². The highest BCUT2D eigenvalue weighted by Gasteiger charge is 2.12. The zero-order valence-electron chi connectivity index (χ0n) is 12.2. The molecule has 2 nitrogen and oxygen atoms in total. The lowest BCUT2D eigenvalue weighted by molar-refractivity contribution is 0.0734. The molecule has 0 fully saturated rings. The molecule has 0 aliphatic carbocycles. The summed E-state index contributed by atoms with van der Waals surface area (Å²) in [4.78, 5) is 12.1. The van der Waals surface area contributed by atoms with E-state index in [1.54, 1.807) is 12.1 Å². The fourth-order valence-corrected chi connectivity index (χ4v) is 2.20. The molecule has 20 heavy (non-hydrogen) atoms. The van der Waals surface area contributed by atoms with Gasteiger partial charge in [-0.1, -0.05) is 44.2 Å². The average molecular weight is 268 g/mol. The molecule has 0 saturated heterocycles. The van der Waals surface area contributed by atoms with Gasteiger partial charge in [-0.25, -0.2) is 4.79 Å². The molecule has 0 atom stereocenters. The van der Waals surface area contributed by atoms with Crippen molar-refractivity contribution in [2.75, 3.05) is 0 Å². The quantitative estimate of drug-likeness (QED) is 0.606. The fraction of sp³-hybridized carbons (Fsp3) is 0.278. The van der Waals surface area contributed by atoms with Crippen LogP contribution in [0.2, 0.25) is 0 Å². The average Bonchev–Trinajstić information content (AvgIpc) is 2.39. The minimum Gasteiger partial charge on any atom is -0.423 e. The highest BCUT2D eigenvalue weighted by molar-refractivity contribution is 5.92. The Bertz CT molecular complexity index is 586. The van der Waals surface area contributed by atoms with Gasteiger partial charge >= 0.3 is 5.97 Å². The number of benzene rings is 2. The van der Waals surface area contributed by atoms with Crippen molar-refractivity contribution in [2.24, 2.45) is 5.92 Å². The number of hydrogen-bond donors (Lipinski definition) is 0. The number of ether oxygens (including phenoxy) is 1. The predicted octanol–water partition coefficient (Wildman–Crippen LogP) is 4.41. The predicted molar refractivity (Wildman–Crippen MR) is 81.1 cm³/mol. The summed E-state index contributed by atoms with van der Waals surface area (Å²) in [6.45, 7) is 6.32. The van der Waals surface area contributed by atoms with Gasteiger partial charge in [-0.3, -0.25) is 0 Å². The van der Waals surface area contributed by atoms with Gasteiger partial charge in [0.15, 0.2) is 0 Å². The van der Waals surface area contributed by atoms with Gasteiger partial charge in [-0.15, -0.1) is 0 Å². The van der Waals surface area contributed by atoms with Crippen LogP contribution in [-0.2, 0) is 6.42 Å². The summed E-state index contributed by atoms with van der Waals surface area (Å²) in [5, 5.41) is 0. The number of carbonyl (C=O) groups excluding carboxylic acids is 1. The van der Waals surface area contributed by atoms with Crippen LogP contribution in [0, 0.1) is 12.8 Å². The molecule has 2 aromatic rings. The van der Waals surface area contributed by atoms with Crippen LogP contribution in [-0.4, -0.2) is 5.97 Å². The molecule has 0 saturated carbocycles. The molecule has 2 aromatic carbocycles. The van der Waals surface area contributed by atoms with Crippen molar-refractivity contribution in [3.8, 4) is 5.75 Å². The first-order valence-electron chi connectivity index (χ1n) is 6.93. The zero-order valence-corrected chi connectivity index (χ0v) is 12.2. The van der Waals surface area contributed by atoms with Crippen LogP contribution in [0.1, 0.15) is 35.3 Å². The Morgan fingerprint density at radius 3 is 2.40 bits per heavy atom. The second-order valence-corrected chi connectivity index (χ2v) is 5.45. The third kappa shape index (κ3) is 3.70. The number of carbonyl (C=O) groups is 1. The second-order valence-electron chi connectivity index (χ2n) is 5.45. The molecule has 0 bridgehead atoms. The van der Waals surface area contributed by atoms with Gasteiger partial charge in [-0.2, -0.15) is 0 Å². The van der Waals surface area contributed by atoms with Crippen molar-refractivity contribution in [3.05, 3.63) is 65.2 Å². The molecule has 0 unspecified atom stereocenters. The largest absolute Gasteiger partial charge is 0.423 e.